The first-order valence-electron chi connectivity index (χ1n) is 10.8. The summed E-state index contributed by atoms with van der Waals surface area (Å²) in [5, 5.41) is 1.35. The number of pyridine rings is 1. The van der Waals surface area contributed by atoms with Gasteiger partial charge in [0.15, 0.2) is 0 Å². The predicted octanol–water partition coefficient (Wildman–Crippen LogP) is 6.27. The third-order valence-electron chi connectivity index (χ3n) is 5.30. The van der Waals surface area contributed by atoms with Gasteiger partial charge < -0.3 is 9.64 Å². The minimum absolute atomic E-state index is 0.159. The fraction of sp³-hybridized carbons (Fsp3) is 0.542. The molecule has 164 valence electrons. The minimum atomic E-state index is 0.159. The number of para-hydroxylation sites is 1. The van der Waals surface area contributed by atoms with E-state index in [0.29, 0.717) is 23.2 Å². The van der Waals surface area contributed by atoms with E-state index >= 15 is 0 Å². The highest BCUT2D eigenvalue weighted by atomic mass is 35.5. The Morgan fingerprint density at radius 1 is 1.07 bits per heavy atom. The maximum Gasteiger partial charge on any atom is 0.0847 e. The van der Waals surface area contributed by atoms with E-state index in [2.05, 4.69) is 47.7 Å². The van der Waals surface area contributed by atoms with E-state index in [1.54, 1.807) is 0 Å². The SMILES string of the molecule is CC(C)(C)COCCC(N1CCCC1)N(Cc1ccncc1)c1c(Cl)cccc1Cl. The van der Waals surface area contributed by atoms with Crippen LogP contribution in [0.4, 0.5) is 5.69 Å². The highest BCUT2D eigenvalue weighted by molar-refractivity contribution is 6.39. The van der Waals surface area contributed by atoms with Crippen LogP contribution in [-0.2, 0) is 11.3 Å². The van der Waals surface area contributed by atoms with Crippen molar-refractivity contribution in [2.75, 3.05) is 31.2 Å². The van der Waals surface area contributed by atoms with Gasteiger partial charge in [-0.1, -0.05) is 50.0 Å². The standard InChI is InChI=1S/C24H33Cl2N3O/c1-24(2,3)18-30-16-11-22(28-14-4-5-15-28)29(17-19-9-12-27-13-10-19)23-20(25)7-6-8-21(23)26/h6-10,12-13,22H,4-5,11,14-18H2,1-3H3. The molecular formula is C24H33Cl2N3O. The summed E-state index contributed by atoms with van der Waals surface area (Å²) in [4.78, 5) is 9.06. The molecule has 0 N–H and O–H groups in total. The van der Waals surface area contributed by atoms with E-state index in [0.717, 1.165) is 31.8 Å². The van der Waals surface area contributed by atoms with E-state index in [-0.39, 0.29) is 11.6 Å². The number of benzene rings is 1. The van der Waals surface area contributed by atoms with Crippen LogP contribution in [0, 0.1) is 5.41 Å². The molecule has 0 saturated carbocycles. The lowest BCUT2D eigenvalue weighted by atomic mass is 9.99. The molecule has 3 rings (SSSR count). The maximum absolute atomic E-state index is 6.67. The summed E-state index contributed by atoms with van der Waals surface area (Å²) >= 11 is 13.3. The normalized spacial score (nSPS) is 16.0. The molecule has 4 nitrogen and oxygen atoms in total. The second-order valence-electron chi connectivity index (χ2n) is 9.18. The number of aromatic nitrogens is 1. The number of rotatable bonds is 9. The number of halogens is 2. The molecule has 0 radical (unpaired) electrons. The summed E-state index contributed by atoms with van der Waals surface area (Å²) in [6.45, 7) is 10.9. The second-order valence-corrected chi connectivity index (χ2v) is 9.99. The fourth-order valence-corrected chi connectivity index (χ4v) is 4.54. The zero-order valence-electron chi connectivity index (χ0n) is 18.3. The van der Waals surface area contributed by atoms with Crippen LogP contribution in [0.3, 0.4) is 0 Å². The number of likely N-dealkylation sites (tertiary alicyclic amines) is 1. The van der Waals surface area contributed by atoms with Crippen molar-refractivity contribution in [1.29, 1.82) is 0 Å². The second kappa shape index (κ2) is 10.8. The summed E-state index contributed by atoms with van der Waals surface area (Å²) < 4.78 is 6.06. The molecule has 1 aromatic carbocycles. The first-order chi connectivity index (χ1) is 14.3. The number of nitrogens with zero attached hydrogens (tertiary/aromatic N) is 3. The topological polar surface area (TPSA) is 28.6 Å². The smallest absolute Gasteiger partial charge is 0.0847 e. The number of hydrogen-bond acceptors (Lipinski definition) is 4. The number of ether oxygens (including phenoxy) is 1. The Morgan fingerprint density at radius 2 is 1.70 bits per heavy atom. The van der Waals surface area contributed by atoms with Crippen LogP contribution < -0.4 is 4.90 Å². The molecule has 30 heavy (non-hydrogen) atoms. The Labute approximate surface area is 191 Å². The highest BCUT2D eigenvalue weighted by Crippen LogP contribution is 2.37. The van der Waals surface area contributed by atoms with Gasteiger partial charge in [0.05, 0.1) is 28.5 Å². The van der Waals surface area contributed by atoms with Gasteiger partial charge in [0.1, 0.15) is 0 Å². The Hall–Kier alpha value is -1.33. The van der Waals surface area contributed by atoms with Gasteiger partial charge >= 0.3 is 0 Å². The van der Waals surface area contributed by atoms with Crippen LogP contribution in [0.2, 0.25) is 10.0 Å². The van der Waals surface area contributed by atoms with E-state index in [9.17, 15) is 0 Å². The van der Waals surface area contributed by atoms with Crippen LogP contribution in [0.1, 0.15) is 45.6 Å². The monoisotopic (exact) mass is 449 g/mol. The molecule has 0 amide bonds. The average molecular weight is 450 g/mol. The molecule has 0 spiro atoms. The van der Waals surface area contributed by atoms with Crippen LogP contribution in [-0.4, -0.2) is 42.4 Å². The van der Waals surface area contributed by atoms with Gasteiger partial charge in [-0.15, -0.1) is 0 Å². The molecule has 1 aliphatic rings. The van der Waals surface area contributed by atoms with Gasteiger partial charge in [-0.3, -0.25) is 9.88 Å². The van der Waals surface area contributed by atoms with Gasteiger partial charge in [0.25, 0.3) is 0 Å². The van der Waals surface area contributed by atoms with Gasteiger partial charge in [-0.05, 0) is 48.1 Å². The van der Waals surface area contributed by atoms with Crippen LogP contribution >= 0.6 is 23.2 Å². The number of hydrogen-bond donors (Lipinski definition) is 0. The molecule has 1 fully saturated rings. The van der Waals surface area contributed by atoms with Crippen LogP contribution in [0.15, 0.2) is 42.7 Å². The minimum Gasteiger partial charge on any atom is -0.381 e. The summed E-state index contributed by atoms with van der Waals surface area (Å²) in [6, 6.07) is 9.83. The van der Waals surface area contributed by atoms with E-state index in [4.69, 9.17) is 27.9 Å². The summed E-state index contributed by atoms with van der Waals surface area (Å²) in [7, 11) is 0. The summed E-state index contributed by atoms with van der Waals surface area (Å²) in [5.74, 6) is 0. The molecule has 1 aliphatic heterocycles. The first kappa shape index (κ1) is 23.3. The van der Waals surface area contributed by atoms with Crippen molar-refractivity contribution in [3.05, 3.63) is 58.3 Å². The number of anilines is 1. The van der Waals surface area contributed by atoms with Gasteiger partial charge in [-0.25, -0.2) is 0 Å². The zero-order valence-corrected chi connectivity index (χ0v) is 19.8. The van der Waals surface area contributed by atoms with E-state index < -0.39 is 0 Å². The molecule has 1 aromatic heterocycles. The first-order valence-corrected chi connectivity index (χ1v) is 11.5. The van der Waals surface area contributed by atoms with E-state index in [1.807, 2.05) is 30.6 Å². The Balaban J connectivity index is 1.89. The average Bonchev–Trinajstić information content (AvgIpc) is 3.22. The molecule has 2 aromatic rings. The molecule has 1 unspecified atom stereocenters. The summed E-state index contributed by atoms with van der Waals surface area (Å²) in [5.41, 5.74) is 2.23. The lowest BCUT2D eigenvalue weighted by Crippen LogP contribution is -2.48. The van der Waals surface area contributed by atoms with Crippen LogP contribution in [0.5, 0.6) is 0 Å². The molecule has 0 bridgehead atoms. The lowest BCUT2D eigenvalue weighted by Gasteiger charge is -2.40. The van der Waals surface area contributed by atoms with Crippen molar-refractivity contribution in [3.63, 3.8) is 0 Å². The quantitative estimate of drug-likeness (QED) is 0.421. The third kappa shape index (κ3) is 6.58. The largest absolute Gasteiger partial charge is 0.381 e. The Bertz CT molecular complexity index is 769. The molecule has 0 aliphatic carbocycles. The van der Waals surface area contributed by atoms with Crippen molar-refractivity contribution >= 4 is 28.9 Å². The highest BCUT2D eigenvalue weighted by Gasteiger charge is 2.30. The Kier molecular flexibility index (Phi) is 8.41. The molecule has 1 saturated heterocycles. The van der Waals surface area contributed by atoms with Crippen molar-refractivity contribution in [1.82, 2.24) is 9.88 Å². The molecule has 2 heterocycles. The lowest BCUT2D eigenvalue weighted by molar-refractivity contribution is 0.0548. The molecular weight excluding hydrogens is 417 g/mol. The Morgan fingerprint density at radius 3 is 2.30 bits per heavy atom. The predicted molar refractivity (Wildman–Crippen MR) is 126 cm³/mol. The van der Waals surface area contributed by atoms with E-state index in [1.165, 1.54) is 18.4 Å². The molecule has 1 atom stereocenters. The molecule has 6 heteroatoms. The maximum atomic E-state index is 6.67. The van der Waals surface area contributed by atoms with Gasteiger partial charge in [0, 0.05) is 45.1 Å². The van der Waals surface area contributed by atoms with Gasteiger partial charge in [-0.2, -0.15) is 0 Å². The third-order valence-corrected chi connectivity index (χ3v) is 5.91. The van der Waals surface area contributed by atoms with Gasteiger partial charge in [0.2, 0.25) is 0 Å². The van der Waals surface area contributed by atoms with Crippen molar-refractivity contribution in [2.24, 2.45) is 5.41 Å². The van der Waals surface area contributed by atoms with Crippen molar-refractivity contribution in [2.45, 2.75) is 52.7 Å². The zero-order chi connectivity index (χ0) is 21.6. The summed E-state index contributed by atoms with van der Waals surface area (Å²) in [6.07, 6.45) is 7.16. The fourth-order valence-electron chi connectivity index (χ4n) is 3.92. The van der Waals surface area contributed by atoms with Crippen LogP contribution in [0.25, 0.3) is 0 Å². The van der Waals surface area contributed by atoms with Crippen molar-refractivity contribution in [3.8, 4) is 0 Å². The van der Waals surface area contributed by atoms with Crippen molar-refractivity contribution < 1.29 is 4.74 Å².